The van der Waals surface area contributed by atoms with Crippen LogP contribution in [0.4, 0.5) is 13.2 Å². The summed E-state index contributed by atoms with van der Waals surface area (Å²) in [7, 11) is 0. The Bertz CT molecular complexity index is 1020. The van der Waals surface area contributed by atoms with Gasteiger partial charge in [0, 0.05) is 23.7 Å². The number of rotatable bonds is 4. The number of primary amides is 1. The SMILES string of the molecule is C=C(C(N)=O)c1cc(Cl)c2c(ccn2Cc2cccc(C(F)(F)F)c2)c1. The van der Waals surface area contributed by atoms with Crippen molar-refractivity contribution >= 4 is 34.0 Å². The van der Waals surface area contributed by atoms with E-state index in [0.29, 0.717) is 21.7 Å². The van der Waals surface area contributed by atoms with Crippen molar-refractivity contribution in [2.24, 2.45) is 5.73 Å². The predicted molar refractivity (Wildman–Crippen MR) is 95.7 cm³/mol. The third-order valence-electron chi connectivity index (χ3n) is 4.07. The topological polar surface area (TPSA) is 48.0 Å². The molecule has 26 heavy (non-hydrogen) atoms. The molecule has 0 atom stereocenters. The Balaban J connectivity index is 2.00. The minimum absolute atomic E-state index is 0.138. The second-order valence-corrected chi connectivity index (χ2v) is 6.29. The van der Waals surface area contributed by atoms with Crippen LogP contribution in [0, 0.1) is 0 Å². The van der Waals surface area contributed by atoms with Gasteiger partial charge in [-0.05, 0) is 41.5 Å². The van der Waals surface area contributed by atoms with Crippen LogP contribution in [0.15, 0.2) is 55.2 Å². The van der Waals surface area contributed by atoms with E-state index >= 15 is 0 Å². The molecule has 3 nitrogen and oxygen atoms in total. The van der Waals surface area contributed by atoms with Crippen LogP contribution in [0.25, 0.3) is 16.5 Å². The smallest absolute Gasteiger partial charge is 0.366 e. The largest absolute Gasteiger partial charge is 0.416 e. The van der Waals surface area contributed by atoms with Crippen LogP contribution in [-0.4, -0.2) is 10.5 Å². The van der Waals surface area contributed by atoms with Crippen LogP contribution in [0.3, 0.4) is 0 Å². The van der Waals surface area contributed by atoms with Gasteiger partial charge in [-0.3, -0.25) is 4.79 Å². The molecule has 0 radical (unpaired) electrons. The lowest BCUT2D eigenvalue weighted by Crippen LogP contribution is -2.12. The number of halogens is 4. The highest BCUT2D eigenvalue weighted by atomic mass is 35.5. The maximum atomic E-state index is 12.9. The maximum Gasteiger partial charge on any atom is 0.416 e. The van der Waals surface area contributed by atoms with Crippen LogP contribution < -0.4 is 5.73 Å². The highest BCUT2D eigenvalue weighted by Gasteiger charge is 2.30. The van der Waals surface area contributed by atoms with Crippen LogP contribution in [0.2, 0.25) is 5.02 Å². The standard InChI is InChI=1S/C19H14ClF3N2O/c1-11(18(24)26)14-8-13-5-6-25(17(13)16(20)9-14)10-12-3-2-4-15(7-12)19(21,22)23/h2-9H,1,10H2,(H2,24,26). The monoisotopic (exact) mass is 378 g/mol. The molecule has 0 bridgehead atoms. The molecule has 1 amide bonds. The number of aromatic nitrogens is 1. The molecule has 0 fully saturated rings. The molecule has 3 aromatic rings. The van der Waals surface area contributed by atoms with Gasteiger partial charge in [-0.15, -0.1) is 0 Å². The van der Waals surface area contributed by atoms with E-state index in [1.807, 2.05) is 0 Å². The van der Waals surface area contributed by atoms with E-state index in [4.69, 9.17) is 17.3 Å². The summed E-state index contributed by atoms with van der Waals surface area (Å²) in [6.07, 6.45) is -2.66. The normalized spacial score (nSPS) is 11.7. The molecule has 0 aliphatic heterocycles. The highest BCUT2D eigenvalue weighted by molar-refractivity contribution is 6.35. The molecule has 0 saturated carbocycles. The summed E-state index contributed by atoms with van der Waals surface area (Å²) >= 11 is 6.33. The lowest BCUT2D eigenvalue weighted by molar-refractivity contribution is -0.137. The van der Waals surface area contributed by atoms with Gasteiger partial charge in [0.25, 0.3) is 0 Å². The average molecular weight is 379 g/mol. The van der Waals surface area contributed by atoms with Crippen LogP contribution in [0.1, 0.15) is 16.7 Å². The van der Waals surface area contributed by atoms with Crippen molar-refractivity contribution in [1.82, 2.24) is 4.57 Å². The summed E-state index contributed by atoms with van der Waals surface area (Å²) in [6, 6.07) is 10.2. The van der Waals surface area contributed by atoms with Gasteiger partial charge >= 0.3 is 6.18 Å². The first kappa shape index (κ1) is 18.1. The van der Waals surface area contributed by atoms with Gasteiger partial charge in [0.1, 0.15) is 0 Å². The average Bonchev–Trinajstić information content (AvgIpc) is 2.97. The van der Waals surface area contributed by atoms with E-state index in [-0.39, 0.29) is 12.1 Å². The maximum absolute atomic E-state index is 12.9. The van der Waals surface area contributed by atoms with Crippen molar-refractivity contribution < 1.29 is 18.0 Å². The molecule has 0 aliphatic rings. The summed E-state index contributed by atoms with van der Waals surface area (Å²) in [5.41, 5.74) is 6.34. The Kier molecular flexibility index (Phi) is 4.54. The molecular formula is C19H14ClF3N2O. The van der Waals surface area contributed by atoms with Gasteiger partial charge in [0.2, 0.25) is 5.91 Å². The van der Waals surface area contributed by atoms with Crippen molar-refractivity contribution in [3.8, 4) is 0 Å². The van der Waals surface area contributed by atoms with Gasteiger partial charge in [-0.1, -0.05) is 30.3 Å². The minimum atomic E-state index is -4.39. The number of nitrogens with two attached hydrogens (primary N) is 1. The zero-order valence-corrected chi connectivity index (χ0v) is 14.2. The molecule has 2 N–H and O–H groups in total. The van der Waals surface area contributed by atoms with E-state index in [9.17, 15) is 18.0 Å². The zero-order chi connectivity index (χ0) is 19.1. The number of benzene rings is 2. The van der Waals surface area contributed by atoms with Crippen molar-refractivity contribution in [1.29, 1.82) is 0 Å². The molecule has 0 spiro atoms. The fourth-order valence-electron chi connectivity index (χ4n) is 2.79. The molecule has 0 unspecified atom stereocenters. The molecule has 134 valence electrons. The zero-order valence-electron chi connectivity index (χ0n) is 13.5. The molecule has 3 rings (SSSR count). The molecular weight excluding hydrogens is 365 g/mol. The molecule has 1 heterocycles. The van der Waals surface area contributed by atoms with E-state index in [2.05, 4.69) is 6.58 Å². The Morgan fingerprint density at radius 1 is 1.19 bits per heavy atom. The Morgan fingerprint density at radius 3 is 2.58 bits per heavy atom. The summed E-state index contributed by atoms with van der Waals surface area (Å²) in [6.45, 7) is 3.86. The van der Waals surface area contributed by atoms with Crippen molar-refractivity contribution in [3.05, 3.63) is 77.0 Å². The van der Waals surface area contributed by atoms with Gasteiger partial charge in [-0.2, -0.15) is 13.2 Å². The molecule has 7 heteroatoms. The fourth-order valence-corrected chi connectivity index (χ4v) is 3.12. The van der Waals surface area contributed by atoms with Crippen molar-refractivity contribution in [3.63, 3.8) is 0 Å². The van der Waals surface area contributed by atoms with Crippen molar-refractivity contribution in [2.75, 3.05) is 0 Å². The molecule has 2 aromatic carbocycles. The number of amides is 1. The minimum Gasteiger partial charge on any atom is -0.366 e. The summed E-state index contributed by atoms with van der Waals surface area (Å²) in [5.74, 6) is -0.649. The van der Waals surface area contributed by atoms with E-state index in [1.165, 1.54) is 6.07 Å². The van der Waals surface area contributed by atoms with Crippen LogP contribution >= 0.6 is 11.6 Å². The highest BCUT2D eigenvalue weighted by Crippen LogP contribution is 2.32. The quantitative estimate of drug-likeness (QED) is 0.647. The van der Waals surface area contributed by atoms with Crippen LogP contribution in [0.5, 0.6) is 0 Å². The number of carbonyl (C=O) groups is 1. The second-order valence-electron chi connectivity index (χ2n) is 5.88. The molecule has 0 aliphatic carbocycles. The van der Waals surface area contributed by atoms with E-state index in [0.717, 1.165) is 17.5 Å². The number of hydrogen-bond acceptors (Lipinski definition) is 1. The lowest BCUT2D eigenvalue weighted by atomic mass is 10.1. The Morgan fingerprint density at radius 2 is 1.92 bits per heavy atom. The number of alkyl halides is 3. The van der Waals surface area contributed by atoms with Crippen LogP contribution in [-0.2, 0) is 17.5 Å². The van der Waals surface area contributed by atoms with Gasteiger partial charge in [-0.25, -0.2) is 0 Å². The number of nitrogens with zero attached hydrogens (tertiary/aromatic N) is 1. The fraction of sp³-hybridized carbons (Fsp3) is 0.105. The first-order valence-electron chi connectivity index (χ1n) is 7.60. The third kappa shape index (κ3) is 3.46. The number of fused-ring (bicyclic) bond motifs is 1. The summed E-state index contributed by atoms with van der Waals surface area (Å²) in [5, 5.41) is 1.10. The summed E-state index contributed by atoms with van der Waals surface area (Å²) < 4.78 is 40.4. The predicted octanol–water partition coefficient (Wildman–Crippen LogP) is 4.86. The van der Waals surface area contributed by atoms with Gasteiger partial charge < -0.3 is 10.3 Å². The van der Waals surface area contributed by atoms with E-state index in [1.54, 1.807) is 35.0 Å². The third-order valence-corrected chi connectivity index (χ3v) is 4.36. The first-order chi connectivity index (χ1) is 12.2. The second kappa shape index (κ2) is 6.53. The lowest BCUT2D eigenvalue weighted by Gasteiger charge is -2.11. The van der Waals surface area contributed by atoms with E-state index < -0.39 is 17.6 Å². The first-order valence-corrected chi connectivity index (χ1v) is 7.98. The number of hydrogen-bond donors (Lipinski definition) is 1. The molecule has 1 aromatic heterocycles. The molecule has 0 saturated heterocycles. The number of carbonyl (C=O) groups excluding carboxylic acids is 1. The van der Waals surface area contributed by atoms with Crippen molar-refractivity contribution in [2.45, 2.75) is 12.7 Å². The Labute approximate surface area is 152 Å². The van der Waals surface area contributed by atoms with Gasteiger partial charge in [0.15, 0.2) is 0 Å². The van der Waals surface area contributed by atoms with Gasteiger partial charge in [0.05, 0.1) is 16.1 Å². The Hall–Kier alpha value is -2.73. The summed E-state index contributed by atoms with van der Waals surface area (Å²) in [4.78, 5) is 11.3.